The quantitative estimate of drug-likeness (QED) is 0.844. The lowest BCUT2D eigenvalue weighted by Gasteiger charge is -2.15. The largest absolute Gasteiger partial charge is 0.380 e. The van der Waals surface area contributed by atoms with E-state index in [-0.39, 0.29) is 6.10 Å². The van der Waals surface area contributed by atoms with Crippen molar-refractivity contribution in [1.29, 1.82) is 0 Å². The van der Waals surface area contributed by atoms with Crippen molar-refractivity contribution in [2.45, 2.75) is 31.3 Å². The average Bonchev–Trinajstić information content (AvgIpc) is 2.85. The first-order valence-electron chi connectivity index (χ1n) is 5.55. The third-order valence-electron chi connectivity index (χ3n) is 3.05. The highest BCUT2D eigenvalue weighted by atomic mass is 32.2. The maximum absolute atomic E-state index is 12.4. The molecule has 1 aromatic heterocycles. The molecule has 1 atom stereocenters. The summed E-state index contributed by atoms with van der Waals surface area (Å²) in [6, 6.07) is 1.76. The van der Waals surface area contributed by atoms with Gasteiger partial charge in [0.25, 0.3) is 0 Å². The number of sulfonamides is 1. The molecule has 0 N–H and O–H groups in total. The second kappa shape index (κ2) is 4.68. The van der Waals surface area contributed by atoms with E-state index in [1.807, 2.05) is 13.8 Å². The molecule has 96 valence electrons. The van der Waals surface area contributed by atoms with Crippen LogP contribution >= 0.6 is 11.3 Å². The van der Waals surface area contributed by atoms with E-state index in [2.05, 4.69) is 0 Å². The fraction of sp³-hybridized carbons (Fsp3) is 0.636. The molecule has 0 bridgehead atoms. The summed E-state index contributed by atoms with van der Waals surface area (Å²) in [4.78, 5) is 2.35. The zero-order valence-electron chi connectivity index (χ0n) is 10.3. The Morgan fingerprint density at radius 2 is 2.18 bits per heavy atom. The molecule has 4 nitrogen and oxygen atoms in total. The number of methoxy groups -OCH3 is 1. The fourth-order valence-corrected chi connectivity index (χ4v) is 5.12. The van der Waals surface area contributed by atoms with E-state index in [0.717, 1.165) is 16.2 Å². The SMILES string of the molecule is COC1CCN(S(=O)(=O)c2cc(C)sc2C)C1. The Bertz CT molecular complexity index is 507. The van der Waals surface area contributed by atoms with Crippen LogP contribution in [0.1, 0.15) is 16.2 Å². The molecule has 0 radical (unpaired) electrons. The molecular weight excluding hydrogens is 258 g/mol. The summed E-state index contributed by atoms with van der Waals surface area (Å²) in [5, 5.41) is 0. The Balaban J connectivity index is 2.28. The molecule has 1 aliphatic heterocycles. The molecule has 2 rings (SSSR count). The van der Waals surface area contributed by atoms with E-state index in [1.165, 1.54) is 15.6 Å². The lowest BCUT2D eigenvalue weighted by atomic mass is 10.3. The first-order chi connectivity index (χ1) is 7.95. The Morgan fingerprint density at radius 3 is 2.65 bits per heavy atom. The Labute approximate surface area is 106 Å². The minimum absolute atomic E-state index is 0.0322. The van der Waals surface area contributed by atoms with E-state index >= 15 is 0 Å². The summed E-state index contributed by atoms with van der Waals surface area (Å²) in [5.41, 5.74) is 0. The summed E-state index contributed by atoms with van der Waals surface area (Å²) in [6.45, 7) is 4.80. The molecule has 0 amide bonds. The average molecular weight is 275 g/mol. The zero-order chi connectivity index (χ0) is 12.6. The number of hydrogen-bond acceptors (Lipinski definition) is 4. The van der Waals surface area contributed by atoms with Crippen LogP contribution in [0.2, 0.25) is 0 Å². The van der Waals surface area contributed by atoms with Gasteiger partial charge in [0.05, 0.1) is 11.0 Å². The summed E-state index contributed by atoms with van der Waals surface area (Å²) in [6.07, 6.45) is 0.808. The van der Waals surface area contributed by atoms with Crippen molar-refractivity contribution in [2.75, 3.05) is 20.2 Å². The molecule has 0 spiro atoms. The topological polar surface area (TPSA) is 46.6 Å². The van der Waals surface area contributed by atoms with E-state index in [0.29, 0.717) is 18.0 Å². The van der Waals surface area contributed by atoms with Crippen molar-refractivity contribution in [3.05, 3.63) is 15.8 Å². The van der Waals surface area contributed by atoms with E-state index in [4.69, 9.17) is 4.74 Å². The van der Waals surface area contributed by atoms with Gasteiger partial charge in [-0.25, -0.2) is 8.42 Å². The molecule has 6 heteroatoms. The molecule has 1 aliphatic rings. The van der Waals surface area contributed by atoms with Crippen molar-refractivity contribution >= 4 is 21.4 Å². The number of hydrogen-bond donors (Lipinski definition) is 0. The van der Waals surface area contributed by atoms with Crippen LogP contribution in [-0.2, 0) is 14.8 Å². The van der Waals surface area contributed by atoms with Crippen molar-refractivity contribution in [2.24, 2.45) is 0 Å². The Hall–Kier alpha value is -0.430. The van der Waals surface area contributed by atoms with Crippen LogP contribution in [-0.4, -0.2) is 39.0 Å². The van der Waals surface area contributed by atoms with Crippen LogP contribution in [0.4, 0.5) is 0 Å². The number of thiophene rings is 1. The minimum Gasteiger partial charge on any atom is -0.380 e. The predicted octanol–water partition coefficient (Wildman–Crippen LogP) is 1.77. The van der Waals surface area contributed by atoms with E-state index in [1.54, 1.807) is 13.2 Å². The highest BCUT2D eigenvalue weighted by Crippen LogP contribution is 2.29. The van der Waals surface area contributed by atoms with Crippen LogP contribution in [0.25, 0.3) is 0 Å². The van der Waals surface area contributed by atoms with Gasteiger partial charge in [-0.2, -0.15) is 4.31 Å². The van der Waals surface area contributed by atoms with E-state index in [9.17, 15) is 8.42 Å². The van der Waals surface area contributed by atoms with Gasteiger partial charge in [-0.15, -0.1) is 11.3 Å². The van der Waals surface area contributed by atoms with Gasteiger partial charge in [0.1, 0.15) is 0 Å². The normalized spacial score (nSPS) is 22.2. The number of ether oxygens (including phenoxy) is 1. The monoisotopic (exact) mass is 275 g/mol. The van der Waals surface area contributed by atoms with Crippen LogP contribution in [0.3, 0.4) is 0 Å². The standard InChI is InChI=1S/C11H17NO3S2/c1-8-6-11(9(2)16-8)17(13,14)12-5-4-10(7-12)15-3/h6,10H,4-5,7H2,1-3H3. The van der Waals surface area contributed by atoms with Crippen LogP contribution in [0, 0.1) is 13.8 Å². The van der Waals surface area contributed by atoms with Crippen LogP contribution < -0.4 is 0 Å². The van der Waals surface area contributed by atoms with Gasteiger partial charge in [-0.1, -0.05) is 0 Å². The third-order valence-corrected chi connectivity index (χ3v) is 6.14. The highest BCUT2D eigenvalue weighted by Gasteiger charge is 2.33. The van der Waals surface area contributed by atoms with Gasteiger partial charge in [0.15, 0.2) is 0 Å². The predicted molar refractivity (Wildman–Crippen MR) is 68.0 cm³/mol. The first kappa shape index (κ1) is 13.0. The summed E-state index contributed by atoms with van der Waals surface area (Å²) >= 11 is 1.52. The summed E-state index contributed by atoms with van der Waals surface area (Å²) in [7, 11) is -1.70. The van der Waals surface area contributed by atoms with Crippen LogP contribution in [0.5, 0.6) is 0 Å². The van der Waals surface area contributed by atoms with Crippen molar-refractivity contribution in [1.82, 2.24) is 4.31 Å². The maximum atomic E-state index is 12.4. The third kappa shape index (κ3) is 2.40. The molecule has 0 aliphatic carbocycles. The van der Waals surface area contributed by atoms with E-state index < -0.39 is 10.0 Å². The second-order valence-corrected chi connectivity index (χ2v) is 7.65. The van der Waals surface area contributed by atoms with Crippen LogP contribution in [0.15, 0.2) is 11.0 Å². The molecule has 0 aromatic carbocycles. The van der Waals surface area contributed by atoms with Crippen molar-refractivity contribution in [3.63, 3.8) is 0 Å². The smallest absolute Gasteiger partial charge is 0.244 e. The van der Waals surface area contributed by atoms with Gasteiger partial charge in [0.2, 0.25) is 10.0 Å². The lowest BCUT2D eigenvalue weighted by molar-refractivity contribution is 0.115. The first-order valence-corrected chi connectivity index (χ1v) is 7.81. The summed E-state index contributed by atoms with van der Waals surface area (Å²) < 4.78 is 31.5. The lowest BCUT2D eigenvalue weighted by Crippen LogP contribution is -2.30. The minimum atomic E-state index is -3.33. The molecule has 1 unspecified atom stereocenters. The van der Waals surface area contributed by atoms with Gasteiger partial charge >= 0.3 is 0 Å². The highest BCUT2D eigenvalue weighted by molar-refractivity contribution is 7.89. The van der Waals surface area contributed by atoms with Crippen molar-refractivity contribution < 1.29 is 13.2 Å². The number of aryl methyl sites for hydroxylation is 2. The Morgan fingerprint density at radius 1 is 1.47 bits per heavy atom. The number of rotatable bonds is 3. The molecular formula is C11H17NO3S2. The molecule has 17 heavy (non-hydrogen) atoms. The van der Waals surface area contributed by atoms with Crippen molar-refractivity contribution in [3.8, 4) is 0 Å². The van der Waals surface area contributed by atoms with Gasteiger partial charge in [-0.3, -0.25) is 0 Å². The molecule has 1 aromatic rings. The van der Waals surface area contributed by atoms with Gasteiger partial charge < -0.3 is 4.74 Å². The second-order valence-electron chi connectivity index (χ2n) is 4.29. The molecule has 1 fully saturated rings. The molecule has 1 saturated heterocycles. The summed E-state index contributed by atoms with van der Waals surface area (Å²) in [5.74, 6) is 0. The number of nitrogens with zero attached hydrogens (tertiary/aromatic N) is 1. The Kier molecular flexibility index (Phi) is 3.58. The maximum Gasteiger partial charge on any atom is 0.244 e. The zero-order valence-corrected chi connectivity index (χ0v) is 11.9. The molecule has 2 heterocycles. The van der Waals surface area contributed by atoms with Gasteiger partial charge in [0, 0.05) is 30.0 Å². The fourth-order valence-electron chi connectivity index (χ4n) is 2.11. The molecule has 0 saturated carbocycles. The van der Waals surface area contributed by atoms with Gasteiger partial charge in [-0.05, 0) is 26.3 Å².